The first-order valence-corrected chi connectivity index (χ1v) is 5.38. The van der Waals surface area contributed by atoms with Gasteiger partial charge in [-0.3, -0.25) is 4.98 Å². The van der Waals surface area contributed by atoms with E-state index in [1.807, 2.05) is 0 Å². The summed E-state index contributed by atoms with van der Waals surface area (Å²) in [7, 11) is 0. The summed E-state index contributed by atoms with van der Waals surface area (Å²) in [6, 6.07) is 6.31. The quantitative estimate of drug-likeness (QED) is 0.402. The van der Waals surface area contributed by atoms with Gasteiger partial charge in [0.2, 0.25) is 0 Å². The molecule has 0 atom stereocenters. The van der Waals surface area contributed by atoms with Crippen LogP contribution >= 0.6 is 0 Å². The predicted octanol–water partition coefficient (Wildman–Crippen LogP) is 2.92. The Kier molecular flexibility index (Phi) is 3.79. The lowest BCUT2D eigenvalue weighted by Gasteiger charge is -2.07. The van der Waals surface area contributed by atoms with Crippen LogP contribution in [0.1, 0.15) is 11.3 Å². The number of hydrogen-bond donors (Lipinski definition) is 1. The summed E-state index contributed by atoms with van der Waals surface area (Å²) < 4.78 is 40.0. The van der Waals surface area contributed by atoms with Gasteiger partial charge in [-0.1, -0.05) is 11.2 Å². The Morgan fingerprint density at radius 1 is 1.11 bits per heavy atom. The third kappa shape index (κ3) is 2.73. The van der Waals surface area contributed by atoms with Crippen molar-refractivity contribution in [1.82, 2.24) is 4.98 Å². The van der Waals surface area contributed by atoms with E-state index >= 15 is 0 Å². The number of hydrogen-bond acceptors (Lipinski definition) is 3. The first kappa shape index (κ1) is 13.1. The molecular weight excluding hydrogens is 257 g/mol. The Morgan fingerprint density at radius 2 is 1.84 bits per heavy atom. The highest BCUT2D eigenvalue weighted by atomic mass is 19.2. The van der Waals surface area contributed by atoms with E-state index in [4.69, 9.17) is 5.21 Å². The van der Waals surface area contributed by atoms with Gasteiger partial charge in [0.15, 0.2) is 11.6 Å². The number of oxime groups is 1. The van der Waals surface area contributed by atoms with E-state index in [1.165, 1.54) is 12.3 Å². The number of nitrogens with zero attached hydrogens (tertiary/aromatic N) is 2. The number of benzene rings is 1. The van der Waals surface area contributed by atoms with Crippen molar-refractivity contribution < 1.29 is 18.4 Å². The van der Waals surface area contributed by atoms with Crippen LogP contribution in [0.4, 0.5) is 13.2 Å². The smallest absolute Gasteiger partial charge is 0.165 e. The number of aromatic nitrogens is 1. The van der Waals surface area contributed by atoms with Gasteiger partial charge in [0.25, 0.3) is 0 Å². The molecule has 1 aromatic carbocycles. The zero-order chi connectivity index (χ0) is 13.8. The van der Waals surface area contributed by atoms with E-state index < -0.39 is 29.4 Å². The van der Waals surface area contributed by atoms with Crippen LogP contribution < -0.4 is 0 Å². The molecule has 0 amide bonds. The van der Waals surface area contributed by atoms with E-state index in [0.717, 1.165) is 6.07 Å². The van der Waals surface area contributed by atoms with Crippen LogP contribution in [0.25, 0.3) is 0 Å². The van der Waals surface area contributed by atoms with E-state index in [9.17, 15) is 13.2 Å². The minimum absolute atomic E-state index is 0.0519. The highest BCUT2D eigenvalue weighted by Crippen LogP contribution is 2.18. The third-order valence-electron chi connectivity index (χ3n) is 2.56. The summed E-state index contributed by atoms with van der Waals surface area (Å²) in [5.41, 5.74) is -0.296. The highest BCUT2D eigenvalue weighted by molar-refractivity contribution is 5.99. The maximum atomic E-state index is 13.5. The Bertz CT molecular complexity index is 615. The molecule has 0 aliphatic rings. The summed E-state index contributed by atoms with van der Waals surface area (Å²) in [5, 5.41) is 11.9. The third-order valence-corrected chi connectivity index (χ3v) is 2.56. The number of rotatable bonds is 3. The van der Waals surface area contributed by atoms with Crippen LogP contribution in [0.15, 0.2) is 41.7 Å². The average Bonchev–Trinajstić information content (AvgIpc) is 2.44. The minimum atomic E-state index is -1.29. The van der Waals surface area contributed by atoms with E-state index in [-0.39, 0.29) is 11.4 Å². The van der Waals surface area contributed by atoms with Crippen LogP contribution in [0, 0.1) is 17.5 Å². The maximum Gasteiger partial charge on any atom is 0.165 e. The second kappa shape index (κ2) is 5.51. The molecule has 19 heavy (non-hydrogen) atoms. The first-order valence-electron chi connectivity index (χ1n) is 5.38. The molecule has 2 rings (SSSR count). The maximum absolute atomic E-state index is 13.5. The number of pyridine rings is 1. The normalized spacial score (nSPS) is 11.6. The van der Waals surface area contributed by atoms with Crippen LogP contribution in [0.5, 0.6) is 0 Å². The lowest BCUT2D eigenvalue weighted by Crippen LogP contribution is -2.11. The lowest BCUT2D eigenvalue weighted by molar-refractivity contribution is 0.318. The molecular formula is C13H9F3N2O. The molecule has 3 nitrogen and oxygen atoms in total. The zero-order valence-corrected chi connectivity index (χ0v) is 9.65. The molecule has 0 aliphatic carbocycles. The molecule has 0 saturated heterocycles. The summed E-state index contributed by atoms with van der Waals surface area (Å²) >= 11 is 0. The van der Waals surface area contributed by atoms with E-state index in [0.29, 0.717) is 6.07 Å². The van der Waals surface area contributed by atoms with Gasteiger partial charge in [-0.05, 0) is 24.3 Å². The van der Waals surface area contributed by atoms with Gasteiger partial charge < -0.3 is 5.21 Å². The molecule has 0 saturated carbocycles. The van der Waals surface area contributed by atoms with Crippen LogP contribution in [0.2, 0.25) is 0 Å². The van der Waals surface area contributed by atoms with Crippen molar-refractivity contribution in [2.24, 2.45) is 5.16 Å². The molecule has 0 fully saturated rings. The summed E-state index contributed by atoms with van der Waals surface area (Å²) in [4.78, 5) is 3.90. The Morgan fingerprint density at radius 3 is 2.47 bits per heavy atom. The topological polar surface area (TPSA) is 45.5 Å². The molecule has 0 aliphatic heterocycles. The SMILES string of the molecule is O/N=C(/Cc1c(F)ccc(F)c1F)c1ccccn1. The fourth-order valence-electron chi connectivity index (χ4n) is 1.61. The molecule has 6 heteroatoms. The van der Waals surface area contributed by atoms with Gasteiger partial charge in [-0.2, -0.15) is 0 Å². The molecule has 0 spiro atoms. The van der Waals surface area contributed by atoms with Crippen molar-refractivity contribution in [3.63, 3.8) is 0 Å². The van der Waals surface area contributed by atoms with Crippen molar-refractivity contribution >= 4 is 5.71 Å². The van der Waals surface area contributed by atoms with Gasteiger partial charge in [0.05, 0.1) is 5.69 Å². The molecule has 1 heterocycles. The molecule has 1 aromatic heterocycles. The average molecular weight is 266 g/mol. The fraction of sp³-hybridized carbons (Fsp3) is 0.0769. The van der Waals surface area contributed by atoms with Crippen molar-refractivity contribution in [1.29, 1.82) is 0 Å². The molecule has 1 N–H and O–H groups in total. The molecule has 2 aromatic rings. The summed E-state index contributed by atoms with van der Waals surface area (Å²) in [6.07, 6.45) is 1.04. The second-order valence-corrected chi connectivity index (χ2v) is 3.76. The standard InChI is InChI=1S/C13H9F3N2O/c14-9-4-5-10(15)13(16)8(9)7-12(18-19)11-3-1-2-6-17-11/h1-6,19H,7H2/b18-12-. The monoisotopic (exact) mass is 266 g/mol. The van der Waals surface area contributed by atoms with Gasteiger partial charge in [-0.15, -0.1) is 0 Å². The van der Waals surface area contributed by atoms with Crippen LogP contribution in [-0.4, -0.2) is 15.9 Å². The number of halogens is 3. The van der Waals surface area contributed by atoms with E-state index in [2.05, 4.69) is 10.1 Å². The van der Waals surface area contributed by atoms with Crippen molar-refractivity contribution in [3.8, 4) is 0 Å². The first-order chi connectivity index (χ1) is 9.13. The van der Waals surface area contributed by atoms with Crippen molar-refractivity contribution in [3.05, 3.63) is 65.2 Å². The van der Waals surface area contributed by atoms with Crippen LogP contribution in [0.3, 0.4) is 0 Å². The highest BCUT2D eigenvalue weighted by Gasteiger charge is 2.17. The Labute approximate surface area is 107 Å². The Hall–Kier alpha value is -2.37. The minimum Gasteiger partial charge on any atom is -0.411 e. The molecule has 0 radical (unpaired) electrons. The summed E-state index contributed by atoms with van der Waals surface area (Å²) in [6.45, 7) is 0. The van der Waals surface area contributed by atoms with E-state index in [1.54, 1.807) is 12.1 Å². The molecule has 98 valence electrons. The molecule has 0 unspecified atom stereocenters. The van der Waals surface area contributed by atoms with Gasteiger partial charge >= 0.3 is 0 Å². The fourth-order valence-corrected chi connectivity index (χ4v) is 1.61. The Balaban J connectivity index is 2.38. The van der Waals surface area contributed by atoms with Crippen LogP contribution in [-0.2, 0) is 6.42 Å². The lowest BCUT2D eigenvalue weighted by atomic mass is 10.0. The van der Waals surface area contributed by atoms with Crippen molar-refractivity contribution in [2.75, 3.05) is 0 Å². The van der Waals surface area contributed by atoms with Crippen molar-refractivity contribution in [2.45, 2.75) is 6.42 Å². The zero-order valence-electron chi connectivity index (χ0n) is 9.65. The van der Waals surface area contributed by atoms with Gasteiger partial charge in [0, 0.05) is 18.2 Å². The largest absolute Gasteiger partial charge is 0.411 e. The second-order valence-electron chi connectivity index (χ2n) is 3.76. The van der Waals surface area contributed by atoms with Gasteiger partial charge in [0.1, 0.15) is 11.5 Å². The summed E-state index contributed by atoms with van der Waals surface area (Å²) in [5.74, 6) is -3.36. The predicted molar refractivity (Wildman–Crippen MR) is 62.6 cm³/mol. The van der Waals surface area contributed by atoms with Gasteiger partial charge in [-0.25, -0.2) is 13.2 Å². The molecule has 0 bridgehead atoms.